The minimum atomic E-state index is -0.974. The molecule has 0 aliphatic carbocycles. The monoisotopic (exact) mass is 736 g/mol. The maximum Gasteiger partial charge on any atom is 0.407 e. The molecule has 0 unspecified atom stereocenters. The van der Waals surface area contributed by atoms with Crippen molar-refractivity contribution >= 4 is 35.4 Å². The minimum Gasteiger partial charge on any atom is -0.508 e. The molecule has 9 N–H and O–H groups in total. The van der Waals surface area contributed by atoms with Crippen LogP contribution in [0.5, 0.6) is 5.75 Å². The fourth-order valence-electron chi connectivity index (χ4n) is 6.15. The number of aromatic hydroxyl groups is 1. The Hall–Kier alpha value is -4.94. The Labute approximate surface area is 313 Å². The lowest BCUT2D eigenvalue weighted by atomic mass is 9.85. The zero-order valence-corrected chi connectivity index (χ0v) is 32.2. The smallest absolute Gasteiger partial charge is 0.407 e. The van der Waals surface area contributed by atoms with Crippen LogP contribution < -0.4 is 27.8 Å². The Bertz CT molecular complexity index is 1540. The molecule has 4 atom stereocenters. The number of hydrogen-bond acceptors (Lipinski definition) is 8. The summed E-state index contributed by atoms with van der Waals surface area (Å²) < 4.78 is 5.29. The maximum atomic E-state index is 14.2. The van der Waals surface area contributed by atoms with Crippen LogP contribution in [0.4, 0.5) is 4.79 Å². The van der Waals surface area contributed by atoms with Crippen LogP contribution in [0, 0.1) is 31.6 Å². The van der Waals surface area contributed by atoms with Crippen LogP contribution in [-0.2, 0) is 36.8 Å². The number of nitrogens with two attached hydrogens (primary N) is 3. The van der Waals surface area contributed by atoms with Crippen LogP contribution in [0.15, 0.2) is 47.5 Å². The van der Waals surface area contributed by atoms with Gasteiger partial charge in [-0.15, -0.1) is 0 Å². The van der Waals surface area contributed by atoms with Crippen LogP contribution in [0.2, 0.25) is 0 Å². The third-order valence-electron chi connectivity index (χ3n) is 9.06. The number of ether oxygens (including phenoxy) is 1. The molecule has 0 saturated carbocycles. The highest BCUT2D eigenvalue weighted by Gasteiger charge is 2.31. The van der Waals surface area contributed by atoms with Crippen LogP contribution in [0.3, 0.4) is 0 Å². The van der Waals surface area contributed by atoms with Crippen LogP contribution in [0.25, 0.3) is 0 Å². The van der Waals surface area contributed by atoms with Crippen molar-refractivity contribution in [3.63, 3.8) is 0 Å². The molecule has 53 heavy (non-hydrogen) atoms. The zero-order chi connectivity index (χ0) is 39.7. The van der Waals surface area contributed by atoms with E-state index in [4.69, 9.17) is 21.9 Å². The first-order valence-corrected chi connectivity index (χ1v) is 18.4. The molecule has 0 heterocycles. The number of alkyl carbamates (subject to hydrolysis) is 1. The van der Waals surface area contributed by atoms with Crippen LogP contribution >= 0.6 is 0 Å². The molecule has 0 fully saturated rings. The van der Waals surface area contributed by atoms with E-state index in [1.165, 1.54) is 0 Å². The molecule has 0 aliphatic rings. The van der Waals surface area contributed by atoms with Gasteiger partial charge in [0.2, 0.25) is 11.8 Å². The molecule has 0 saturated heterocycles. The lowest BCUT2D eigenvalue weighted by Gasteiger charge is -2.25. The third-order valence-corrected chi connectivity index (χ3v) is 9.06. The number of carbonyl (C=O) groups is 5. The van der Waals surface area contributed by atoms with Crippen molar-refractivity contribution < 1.29 is 33.8 Å². The average Bonchev–Trinajstić information content (AvgIpc) is 3.05. The lowest BCUT2D eigenvalue weighted by Crippen LogP contribution is -2.46. The number of unbranched alkanes of at least 4 members (excludes halogenated alkanes) is 1. The van der Waals surface area contributed by atoms with Crippen LogP contribution in [-0.4, -0.2) is 65.3 Å². The van der Waals surface area contributed by atoms with Crippen molar-refractivity contribution in [3.05, 3.63) is 64.7 Å². The molecular weight excluding hydrogens is 676 g/mol. The first-order chi connectivity index (χ1) is 24.9. The lowest BCUT2D eigenvalue weighted by molar-refractivity contribution is -0.134. The summed E-state index contributed by atoms with van der Waals surface area (Å²) in [6.07, 6.45) is 1.95. The quantitative estimate of drug-likeness (QED) is 0.0574. The molecular formula is C40H60N6O7. The molecule has 3 amide bonds. The number of ketones is 2. The van der Waals surface area contributed by atoms with Gasteiger partial charge in [-0.25, -0.2) is 4.79 Å². The SMILES string of the molecule is Cc1cc(O)cc(C)c1C[C@H](CC(=O)[C@H](C)CCCN=C(N)N)C(=O)N[C@@H](CCCCNC(=O)OC(C)(C)C)C(=O)C[C@@H](Cc1ccccc1)C(N)=O. The fraction of sp³-hybridized carbons (Fsp3) is 0.550. The van der Waals surface area contributed by atoms with Crippen molar-refractivity contribution in [2.75, 3.05) is 13.1 Å². The number of nitrogens with zero attached hydrogens (tertiary/aromatic N) is 1. The highest BCUT2D eigenvalue weighted by atomic mass is 16.6. The number of hydrogen-bond donors (Lipinski definition) is 6. The van der Waals surface area contributed by atoms with Gasteiger partial charge >= 0.3 is 6.09 Å². The number of phenols is 1. The predicted molar refractivity (Wildman–Crippen MR) is 206 cm³/mol. The summed E-state index contributed by atoms with van der Waals surface area (Å²) in [7, 11) is 0. The largest absolute Gasteiger partial charge is 0.508 e. The van der Waals surface area contributed by atoms with Crippen molar-refractivity contribution in [3.8, 4) is 5.75 Å². The standard InChI is InChI=1S/C40H60N6O7/c1-25(13-12-18-44-38(42)43)34(48)24-30(22-32-26(2)19-31(47)20-27(32)3)37(51)46-33(16-10-11-17-45-39(52)53-40(4,5)6)35(49)23-29(36(41)50)21-28-14-8-7-9-15-28/h7-9,14-15,19-20,25,29-30,33,47H,10-13,16-18,21-24H2,1-6H3,(H2,41,50)(H,45,52)(H,46,51)(H4,42,43,44)/t25-,29-,30-,33+/m1/s1. The molecule has 0 bridgehead atoms. The summed E-state index contributed by atoms with van der Waals surface area (Å²) in [4.78, 5) is 70.3. The van der Waals surface area contributed by atoms with Gasteiger partial charge < -0.3 is 37.7 Å². The van der Waals surface area contributed by atoms with Gasteiger partial charge in [-0.1, -0.05) is 37.3 Å². The van der Waals surface area contributed by atoms with E-state index < -0.39 is 41.4 Å². The Morgan fingerprint density at radius 2 is 1.47 bits per heavy atom. The molecule has 0 aromatic heterocycles. The molecule has 292 valence electrons. The Balaban J connectivity index is 2.32. The van der Waals surface area contributed by atoms with E-state index in [-0.39, 0.29) is 61.3 Å². The third kappa shape index (κ3) is 17.0. The first kappa shape index (κ1) is 44.2. The van der Waals surface area contributed by atoms with E-state index in [9.17, 15) is 29.1 Å². The number of rotatable bonds is 22. The second-order valence-electron chi connectivity index (χ2n) is 14.9. The molecule has 0 spiro atoms. The number of phenolic OH excluding ortho intramolecular Hbond substituents is 1. The number of amides is 3. The summed E-state index contributed by atoms with van der Waals surface area (Å²) >= 11 is 0. The van der Waals surface area contributed by atoms with Gasteiger partial charge in [0.1, 0.15) is 17.1 Å². The van der Waals surface area contributed by atoms with Crippen molar-refractivity contribution in [2.45, 2.75) is 111 Å². The molecule has 2 aromatic rings. The maximum absolute atomic E-state index is 14.2. The number of nitrogens with one attached hydrogen (secondary N) is 2. The number of aryl methyl sites for hydroxylation is 2. The topological polar surface area (TPSA) is 229 Å². The van der Waals surface area contributed by atoms with Gasteiger partial charge in [-0.3, -0.25) is 24.2 Å². The predicted octanol–water partition coefficient (Wildman–Crippen LogP) is 4.30. The first-order valence-electron chi connectivity index (χ1n) is 18.4. The minimum absolute atomic E-state index is 0.0222. The van der Waals surface area contributed by atoms with Gasteiger partial charge in [-0.2, -0.15) is 0 Å². The zero-order valence-electron chi connectivity index (χ0n) is 32.2. The highest BCUT2D eigenvalue weighted by Crippen LogP contribution is 2.26. The Kier molecular flexibility index (Phi) is 18.0. The number of aliphatic imine (C=N–C) groups is 1. The molecule has 13 nitrogen and oxygen atoms in total. The van der Waals surface area contributed by atoms with E-state index in [1.807, 2.05) is 44.2 Å². The normalized spacial score (nSPS) is 13.5. The average molecular weight is 737 g/mol. The van der Waals surface area contributed by atoms with E-state index >= 15 is 0 Å². The molecule has 0 aliphatic heterocycles. The second kappa shape index (κ2) is 21.6. The Morgan fingerprint density at radius 3 is 2.06 bits per heavy atom. The van der Waals surface area contributed by atoms with Gasteiger partial charge in [0.15, 0.2) is 11.7 Å². The van der Waals surface area contributed by atoms with Gasteiger partial charge in [0, 0.05) is 43.7 Å². The van der Waals surface area contributed by atoms with Gasteiger partial charge in [0.05, 0.1) is 6.04 Å². The number of benzene rings is 2. The van der Waals surface area contributed by atoms with Crippen LogP contribution in [0.1, 0.15) is 94.9 Å². The van der Waals surface area contributed by atoms with E-state index in [1.54, 1.807) is 39.8 Å². The van der Waals surface area contributed by atoms with Crippen molar-refractivity contribution in [1.82, 2.24) is 10.6 Å². The molecule has 2 aromatic carbocycles. The fourth-order valence-corrected chi connectivity index (χ4v) is 6.15. The van der Waals surface area contributed by atoms with E-state index in [0.717, 1.165) is 22.3 Å². The van der Waals surface area contributed by atoms with Crippen molar-refractivity contribution in [1.29, 1.82) is 0 Å². The molecule has 2 rings (SSSR count). The summed E-state index contributed by atoms with van der Waals surface area (Å²) in [5, 5.41) is 15.8. The summed E-state index contributed by atoms with van der Waals surface area (Å²) in [6.45, 7) is 11.4. The van der Waals surface area contributed by atoms with Crippen molar-refractivity contribution in [2.24, 2.45) is 39.9 Å². The Morgan fingerprint density at radius 1 is 0.849 bits per heavy atom. The summed E-state index contributed by atoms with van der Waals surface area (Å²) in [5.74, 6) is -3.47. The number of carbonyl (C=O) groups excluding carboxylic acids is 5. The number of primary amides is 1. The molecule has 13 heteroatoms. The van der Waals surface area contributed by atoms with E-state index in [2.05, 4.69) is 15.6 Å². The number of guanidine groups is 1. The second-order valence-corrected chi connectivity index (χ2v) is 14.9. The number of Topliss-reactive ketones (excluding diaryl/α,β-unsaturated/α-hetero) is 2. The summed E-state index contributed by atoms with van der Waals surface area (Å²) in [5.41, 5.74) is 19.2. The highest BCUT2D eigenvalue weighted by molar-refractivity contribution is 5.94. The van der Waals surface area contributed by atoms with Gasteiger partial charge in [-0.05, 0) is 114 Å². The summed E-state index contributed by atoms with van der Waals surface area (Å²) in [6, 6.07) is 11.5. The molecule has 0 radical (unpaired) electrons. The van der Waals surface area contributed by atoms with E-state index in [0.29, 0.717) is 38.8 Å². The van der Waals surface area contributed by atoms with Gasteiger partial charge in [0.25, 0.3) is 0 Å².